The third-order valence-corrected chi connectivity index (χ3v) is 7.02. The number of nitrogens with zero attached hydrogens (tertiary/aromatic N) is 4. The van der Waals surface area contributed by atoms with Crippen LogP contribution in [0.15, 0.2) is 79.3 Å². The van der Waals surface area contributed by atoms with E-state index in [9.17, 15) is 4.79 Å². The fourth-order valence-electron chi connectivity index (χ4n) is 4.72. The highest BCUT2D eigenvalue weighted by Gasteiger charge is 2.41. The monoisotopic (exact) mass is 510 g/mol. The van der Waals surface area contributed by atoms with E-state index in [0.29, 0.717) is 18.1 Å². The summed E-state index contributed by atoms with van der Waals surface area (Å²) in [6, 6.07) is 19.8. The molecule has 2 atom stereocenters. The molecule has 4 aromatic rings. The molecule has 37 heavy (non-hydrogen) atoms. The van der Waals surface area contributed by atoms with Crippen LogP contribution in [0.3, 0.4) is 0 Å². The van der Waals surface area contributed by atoms with Crippen molar-refractivity contribution in [1.29, 1.82) is 0 Å². The number of amides is 1. The molecule has 4 heterocycles. The van der Waals surface area contributed by atoms with Crippen molar-refractivity contribution in [2.45, 2.75) is 39.3 Å². The summed E-state index contributed by atoms with van der Waals surface area (Å²) in [5.74, 6) is 0.780. The van der Waals surface area contributed by atoms with Gasteiger partial charge in [0.2, 0.25) is 5.91 Å². The summed E-state index contributed by atoms with van der Waals surface area (Å²) >= 11 is 5.80. The molecule has 8 heteroatoms. The summed E-state index contributed by atoms with van der Waals surface area (Å²) in [7, 11) is 0. The van der Waals surface area contributed by atoms with Crippen molar-refractivity contribution >= 4 is 28.9 Å². The largest absolute Gasteiger partial charge is 0.352 e. The fraction of sp³-hybridized carbons (Fsp3) is 0.241. The first-order chi connectivity index (χ1) is 17.9. The second kappa shape index (κ2) is 10.5. The fourth-order valence-corrected chi connectivity index (χ4v) is 5.05. The SMILES string of the molecule is Cc1ccc(-n2cccc2[C@H]2[C@@H](c3ccccn3)NC(=S)N2CCC(=O)Nc2cc(C)ccc2C)nc1. The van der Waals surface area contributed by atoms with E-state index in [1.165, 1.54) is 0 Å². The van der Waals surface area contributed by atoms with E-state index in [1.54, 1.807) is 6.20 Å². The van der Waals surface area contributed by atoms with Crippen molar-refractivity contribution in [3.8, 4) is 5.82 Å². The lowest BCUT2D eigenvalue weighted by atomic mass is 10.0. The summed E-state index contributed by atoms with van der Waals surface area (Å²) in [6.07, 6.45) is 5.96. The van der Waals surface area contributed by atoms with Gasteiger partial charge in [0.05, 0.1) is 17.8 Å². The Morgan fingerprint density at radius 3 is 2.62 bits per heavy atom. The van der Waals surface area contributed by atoms with Gasteiger partial charge in [-0.1, -0.05) is 24.3 Å². The summed E-state index contributed by atoms with van der Waals surface area (Å²) in [6.45, 7) is 6.50. The normalized spacial score (nSPS) is 17.1. The van der Waals surface area contributed by atoms with Gasteiger partial charge in [-0.05, 0) is 86.1 Å². The topological polar surface area (TPSA) is 75.1 Å². The Kier molecular flexibility index (Phi) is 7.01. The molecule has 3 aromatic heterocycles. The van der Waals surface area contributed by atoms with Gasteiger partial charge in [0.25, 0.3) is 0 Å². The number of benzene rings is 1. The molecule has 0 saturated carbocycles. The molecule has 0 spiro atoms. The van der Waals surface area contributed by atoms with Crippen LogP contribution in [0.4, 0.5) is 5.69 Å². The molecular weight excluding hydrogens is 480 g/mol. The third kappa shape index (κ3) is 5.24. The number of carbonyl (C=O) groups excluding carboxylic acids is 1. The van der Waals surface area contributed by atoms with E-state index in [0.717, 1.165) is 39.6 Å². The van der Waals surface area contributed by atoms with Gasteiger partial charge in [-0.2, -0.15) is 0 Å². The van der Waals surface area contributed by atoms with Gasteiger partial charge in [0.15, 0.2) is 5.11 Å². The molecule has 1 amide bonds. The highest BCUT2D eigenvalue weighted by molar-refractivity contribution is 7.80. The lowest BCUT2D eigenvalue weighted by molar-refractivity contribution is -0.116. The Bertz CT molecular complexity index is 1420. The quantitative estimate of drug-likeness (QED) is 0.333. The van der Waals surface area contributed by atoms with Crippen molar-refractivity contribution in [2.75, 3.05) is 11.9 Å². The van der Waals surface area contributed by atoms with Crippen LogP contribution in [-0.2, 0) is 4.79 Å². The minimum absolute atomic E-state index is 0.0490. The first-order valence-corrected chi connectivity index (χ1v) is 12.8. The zero-order valence-corrected chi connectivity index (χ0v) is 22.0. The van der Waals surface area contributed by atoms with Gasteiger partial charge in [0, 0.05) is 42.9 Å². The van der Waals surface area contributed by atoms with Crippen LogP contribution in [-0.4, -0.2) is 37.0 Å². The van der Waals surface area contributed by atoms with Crippen molar-refractivity contribution in [3.05, 3.63) is 107 Å². The van der Waals surface area contributed by atoms with Crippen LogP contribution >= 0.6 is 12.2 Å². The number of aromatic nitrogens is 3. The predicted molar refractivity (Wildman–Crippen MR) is 150 cm³/mol. The molecule has 5 rings (SSSR count). The molecule has 2 N–H and O–H groups in total. The number of nitrogens with one attached hydrogen (secondary N) is 2. The molecular formula is C29H30N6OS. The highest BCUT2D eigenvalue weighted by Crippen LogP contribution is 2.39. The minimum Gasteiger partial charge on any atom is -0.352 e. The summed E-state index contributed by atoms with van der Waals surface area (Å²) in [5, 5.41) is 7.14. The average molecular weight is 511 g/mol. The zero-order valence-electron chi connectivity index (χ0n) is 21.2. The number of pyridine rings is 2. The number of rotatable bonds is 7. The molecule has 1 saturated heterocycles. The van der Waals surface area contributed by atoms with Crippen LogP contribution in [0.5, 0.6) is 0 Å². The lowest BCUT2D eigenvalue weighted by Gasteiger charge is -2.28. The van der Waals surface area contributed by atoms with Crippen molar-refractivity contribution in [3.63, 3.8) is 0 Å². The Hall–Kier alpha value is -4.04. The number of hydrogen-bond donors (Lipinski definition) is 2. The van der Waals surface area contributed by atoms with Gasteiger partial charge in [0.1, 0.15) is 5.82 Å². The molecule has 0 aliphatic carbocycles. The number of aryl methyl sites for hydroxylation is 3. The van der Waals surface area contributed by atoms with Crippen LogP contribution in [0.1, 0.15) is 46.6 Å². The Labute approximate surface area is 222 Å². The summed E-state index contributed by atoms with van der Waals surface area (Å²) in [5.41, 5.74) is 6.00. The van der Waals surface area contributed by atoms with Crippen molar-refractivity contribution in [1.82, 2.24) is 24.8 Å². The molecule has 1 fully saturated rings. The third-order valence-electron chi connectivity index (χ3n) is 6.67. The maximum Gasteiger partial charge on any atom is 0.226 e. The van der Waals surface area contributed by atoms with Gasteiger partial charge in [-0.3, -0.25) is 9.78 Å². The summed E-state index contributed by atoms with van der Waals surface area (Å²) in [4.78, 5) is 24.3. The Balaban J connectivity index is 1.44. The molecule has 7 nitrogen and oxygen atoms in total. The van der Waals surface area contributed by atoms with E-state index in [2.05, 4.69) is 42.2 Å². The Morgan fingerprint density at radius 2 is 1.86 bits per heavy atom. The summed E-state index contributed by atoms with van der Waals surface area (Å²) < 4.78 is 2.08. The smallest absolute Gasteiger partial charge is 0.226 e. The second-order valence-corrected chi connectivity index (χ2v) is 9.82. The lowest BCUT2D eigenvalue weighted by Crippen LogP contribution is -2.33. The van der Waals surface area contributed by atoms with Crippen LogP contribution in [0.25, 0.3) is 5.82 Å². The zero-order chi connectivity index (χ0) is 25.9. The van der Waals surface area contributed by atoms with E-state index in [-0.39, 0.29) is 18.0 Å². The van der Waals surface area contributed by atoms with E-state index < -0.39 is 0 Å². The van der Waals surface area contributed by atoms with Crippen molar-refractivity contribution < 1.29 is 4.79 Å². The first kappa shape index (κ1) is 24.6. The van der Waals surface area contributed by atoms with Crippen LogP contribution < -0.4 is 10.6 Å². The van der Waals surface area contributed by atoms with E-state index >= 15 is 0 Å². The first-order valence-electron chi connectivity index (χ1n) is 12.4. The molecule has 188 valence electrons. The number of hydrogen-bond acceptors (Lipinski definition) is 4. The molecule has 0 unspecified atom stereocenters. The number of thiocarbonyl (C=S) groups is 1. The highest BCUT2D eigenvalue weighted by atomic mass is 32.1. The average Bonchev–Trinajstić information content (AvgIpc) is 3.50. The second-order valence-electron chi connectivity index (χ2n) is 9.43. The van der Waals surface area contributed by atoms with Crippen LogP contribution in [0, 0.1) is 20.8 Å². The van der Waals surface area contributed by atoms with Gasteiger partial charge < -0.3 is 20.1 Å². The van der Waals surface area contributed by atoms with Gasteiger partial charge in [-0.25, -0.2) is 4.98 Å². The minimum atomic E-state index is -0.172. The predicted octanol–water partition coefficient (Wildman–Crippen LogP) is 5.19. The molecule has 1 aliphatic rings. The van der Waals surface area contributed by atoms with Crippen LogP contribution in [0.2, 0.25) is 0 Å². The standard InChI is InChI=1S/C29H30N6OS/c1-19-9-11-21(3)23(17-19)32-26(36)13-16-35-28(27(33-29(35)37)22-7-4-5-14-30-22)24-8-6-15-34(24)25-12-10-20(2)18-31-25/h4-12,14-15,17-18,27-28H,13,16H2,1-3H3,(H,32,36)(H,33,37)/t27-,28+/m1/s1. The van der Waals surface area contributed by atoms with E-state index in [1.807, 2.05) is 81.7 Å². The molecule has 0 bridgehead atoms. The number of anilines is 1. The molecule has 1 aliphatic heterocycles. The number of carbonyl (C=O) groups is 1. The molecule has 1 aromatic carbocycles. The van der Waals surface area contributed by atoms with Crippen molar-refractivity contribution in [2.24, 2.45) is 0 Å². The molecule has 0 radical (unpaired) electrons. The maximum absolute atomic E-state index is 13.0. The Morgan fingerprint density at radius 1 is 1.03 bits per heavy atom. The van der Waals surface area contributed by atoms with Gasteiger partial charge in [-0.15, -0.1) is 0 Å². The maximum atomic E-state index is 13.0. The van der Waals surface area contributed by atoms with E-state index in [4.69, 9.17) is 12.2 Å². The van der Waals surface area contributed by atoms with Gasteiger partial charge >= 0.3 is 0 Å².